The first-order valence-corrected chi connectivity index (χ1v) is 8.51. The molecule has 0 radical (unpaired) electrons. The Morgan fingerprint density at radius 1 is 1.35 bits per heavy atom. The molecule has 0 unspecified atom stereocenters. The molecule has 0 aromatic heterocycles. The molecule has 1 fully saturated rings. The SMILES string of the molecule is Cc1ccc([C@@H](NC(=O)N2CC[NH+](C)CC2)C(Cl)(Cl)Cl)cc1F. The van der Waals surface area contributed by atoms with Crippen LogP contribution in [0.3, 0.4) is 0 Å². The van der Waals surface area contributed by atoms with Gasteiger partial charge < -0.3 is 15.1 Å². The molecule has 128 valence electrons. The monoisotopic (exact) mass is 382 g/mol. The fourth-order valence-electron chi connectivity index (χ4n) is 2.45. The molecule has 1 aromatic rings. The molecule has 2 rings (SSSR count). The summed E-state index contributed by atoms with van der Waals surface area (Å²) in [5.41, 5.74) is 0.909. The number of benzene rings is 1. The topological polar surface area (TPSA) is 36.8 Å². The van der Waals surface area contributed by atoms with Gasteiger partial charge in [0.15, 0.2) is 0 Å². The minimum absolute atomic E-state index is 0.310. The predicted octanol–water partition coefficient (Wildman–Crippen LogP) is 2.09. The first kappa shape index (κ1) is 18.6. The molecule has 1 aliphatic heterocycles. The molecule has 1 heterocycles. The molecule has 23 heavy (non-hydrogen) atoms. The number of carbonyl (C=O) groups is 1. The van der Waals surface area contributed by atoms with Gasteiger partial charge in [-0.25, -0.2) is 9.18 Å². The Balaban J connectivity index is 2.16. The van der Waals surface area contributed by atoms with Gasteiger partial charge in [0.2, 0.25) is 3.79 Å². The smallest absolute Gasteiger partial charge is 0.318 e. The first-order valence-electron chi connectivity index (χ1n) is 7.38. The number of halogens is 4. The zero-order valence-corrected chi connectivity index (χ0v) is 15.3. The van der Waals surface area contributed by atoms with Crippen LogP contribution in [0.25, 0.3) is 0 Å². The lowest BCUT2D eigenvalue weighted by molar-refractivity contribution is -0.883. The van der Waals surface area contributed by atoms with Crippen molar-refractivity contribution < 1.29 is 14.1 Å². The van der Waals surface area contributed by atoms with Crippen LogP contribution >= 0.6 is 34.8 Å². The van der Waals surface area contributed by atoms with Crippen molar-refractivity contribution in [3.05, 3.63) is 35.1 Å². The summed E-state index contributed by atoms with van der Waals surface area (Å²) in [6, 6.07) is 3.30. The van der Waals surface area contributed by atoms with Crippen LogP contribution in [-0.2, 0) is 0 Å². The van der Waals surface area contributed by atoms with E-state index in [-0.39, 0.29) is 6.03 Å². The number of amides is 2. The quantitative estimate of drug-likeness (QED) is 0.754. The molecule has 8 heteroatoms. The van der Waals surface area contributed by atoms with Gasteiger partial charge >= 0.3 is 6.03 Å². The van der Waals surface area contributed by atoms with Gasteiger partial charge in [-0.05, 0) is 24.1 Å². The third-order valence-electron chi connectivity index (χ3n) is 4.03. The summed E-state index contributed by atoms with van der Waals surface area (Å²) in [6.07, 6.45) is 0. The highest BCUT2D eigenvalue weighted by molar-refractivity contribution is 6.68. The molecule has 0 spiro atoms. The summed E-state index contributed by atoms with van der Waals surface area (Å²) in [5, 5.41) is 2.72. The Labute approximate surface area is 150 Å². The largest absolute Gasteiger partial charge is 0.334 e. The maximum Gasteiger partial charge on any atom is 0.318 e. The Kier molecular flexibility index (Phi) is 6.00. The lowest BCUT2D eigenvalue weighted by Crippen LogP contribution is -3.12. The lowest BCUT2D eigenvalue weighted by atomic mass is 10.1. The van der Waals surface area contributed by atoms with Gasteiger partial charge in [0.25, 0.3) is 0 Å². The minimum atomic E-state index is -1.78. The Bertz CT molecular complexity index is 572. The van der Waals surface area contributed by atoms with E-state index in [0.717, 1.165) is 13.1 Å². The van der Waals surface area contributed by atoms with Crippen LogP contribution in [0.1, 0.15) is 17.2 Å². The number of urea groups is 1. The summed E-state index contributed by atoms with van der Waals surface area (Å²) < 4.78 is 12.0. The van der Waals surface area contributed by atoms with Crippen molar-refractivity contribution in [2.75, 3.05) is 33.2 Å². The van der Waals surface area contributed by atoms with E-state index in [1.54, 1.807) is 24.0 Å². The van der Waals surface area contributed by atoms with E-state index < -0.39 is 15.7 Å². The normalized spacial score (nSPS) is 17.9. The van der Waals surface area contributed by atoms with Crippen LogP contribution in [0, 0.1) is 12.7 Å². The zero-order valence-electron chi connectivity index (χ0n) is 13.0. The summed E-state index contributed by atoms with van der Waals surface area (Å²) in [5.74, 6) is -0.404. The highest BCUT2D eigenvalue weighted by Crippen LogP contribution is 2.40. The fourth-order valence-corrected chi connectivity index (χ4v) is 2.99. The Morgan fingerprint density at radius 2 is 1.96 bits per heavy atom. The van der Waals surface area contributed by atoms with Crippen LogP contribution in [0.4, 0.5) is 9.18 Å². The summed E-state index contributed by atoms with van der Waals surface area (Å²) in [7, 11) is 2.08. The van der Waals surface area contributed by atoms with E-state index in [1.807, 2.05) is 0 Å². The number of carbonyl (C=O) groups excluding carboxylic acids is 1. The Hall–Kier alpha value is -0.750. The number of piperazine rings is 1. The third kappa shape index (κ3) is 4.86. The molecule has 2 N–H and O–H groups in total. The molecular weight excluding hydrogens is 364 g/mol. The van der Waals surface area contributed by atoms with Crippen LogP contribution in [0.5, 0.6) is 0 Å². The van der Waals surface area contributed by atoms with E-state index in [4.69, 9.17) is 34.8 Å². The molecule has 0 aliphatic carbocycles. The van der Waals surface area contributed by atoms with Crippen molar-refractivity contribution in [3.8, 4) is 0 Å². The minimum Gasteiger partial charge on any atom is -0.334 e. The summed E-state index contributed by atoms with van der Waals surface area (Å²) >= 11 is 18.0. The van der Waals surface area contributed by atoms with Crippen molar-refractivity contribution in [1.29, 1.82) is 0 Å². The lowest BCUT2D eigenvalue weighted by Gasteiger charge is -2.33. The molecule has 1 aromatic carbocycles. The van der Waals surface area contributed by atoms with Gasteiger partial charge in [0.1, 0.15) is 11.9 Å². The molecule has 1 saturated heterocycles. The van der Waals surface area contributed by atoms with Crippen molar-refractivity contribution in [3.63, 3.8) is 0 Å². The molecule has 2 amide bonds. The number of hydrogen-bond donors (Lipinski definition) is 2. The number of rotatable bonds is 2. The average Bonchev–Trinajstić information content (AvgIpc) is 2.47. The maximum atomic E-state index is 13.8. The maximum absolute atomic E-state index is 13.8. The summed E-state index contributed by atoms with van der Waals surface area (Å²) in [6.45, 7) is 4.64. The van der Waals surface area contributed by atoms with Crippen molar-refractivity contribution in [1.82, 2.24) is 10.2 Å². The second-order valence-electron chi connectivity index (χ2n) is 5.88. The second kappa shape index (κ2) is 7.43. The molecule has 1 atom stereocenters. The van der Waals surface area contributed by atoms with Crippen LogP contribution in [0.15, 0.2) is 18.2 Å². The van der Waals surface area contributed by atoms with Gasteiger partial charge in [-0.3, -0.25) is 0 Å². The van der Waals surface area contributed by atoms with Gasteiger partial charge in [-0.15, -0.1) is 0 Å². The van der Waals surface area contributed by atoms with Crippen molar-refractivity contribution in [2.45, 2.75) is 16.8 Å². The second-order valence-corrected chi connectivity index (χ2v) is 8.25. The van der Waals surface area contributed by atoms with Gasteiger partial charge in [0.05, 0.1) is 33.2 Å². The number of quaternary nitrogens is 1. The number of aryl methyl sites for hydroxylation is 1. The number of alkyl halides is 3. The zero-order chi connectivity index (χ0) is 17.2. The van der Waals surface area contributed by atoms with E-state index in [9.17, 15) is 9.18 Å². The molecule has 4 nitrogen and oxygen atoms in total. The van der Waals surface area contributed by atoms with Crippen molar-refractivity contribution >= 4 is 40.8 Å². The highest BCUT2D eigenvalue weighted by atomic mass is 35.6. The van der Waals surface area contributed by atoms with Crippen LogP contribution in [-0.4, -0.2) is 48.0 Å². The van der Waals surface area contributed by atoms with Gasteiger partial charge in [-0.1, -0.05) is 46.9 Å². The molecule has 0 bridgehead atoms. The van der Waals surface area contributed by atoms with Gasteiger partial charge in [-0.2, -0.15) is 0 Å². The van der Waals surface area contributed by atoms with Crippen LogP contribution in [0.2, 0.25) is 0 Å². The molecule has 0 saturated carbocycles. The highest BCUT2D eigenvalue weighted by Gasteiger charge is 2.37. The van der Waals surface area contributed by atoms with E-state index in [1.165, 1.54) is 11.0 Å². The van der Waals surface area contributed by atoms with E-state index in [0.29, 0.717) is 24.2 Å². The predicted molar refractivity (Wildman–Crippen MR) is 90.9 cm³/mol. The third-order valence-corrected chi connectivity index (χ3v) is 4.68. The first-order chi connectivity index (χ1) is 10.7. The Morgan fingerprint density at radius 3 is 2.48 bits per heavy atom. The van der Waals surface area contributed by atoms with Crippen LogP contribution < -0.4 is 10.2 Å². The standard InChI is InChI=1S/C15H19Cl3FN3O/c1-10-3-4-11(9-12(10)19)13(15(16,17)18)20-14(23)22-7-5-21(2)6-8-22/h3-4,9,13H,5-8H2,1-2H3,(H,20,23)/p+1/t13-/m1/s1. The number of nitrogens with zero attached hydrogens (tertiary/aromatic N) is 1. The molecular formula is C15H20Cl3FN3O+. The fraction of sp³-hybridized carbons (Fsp3) is 0.533. The summed E-state index contributed by atoms with van der Waals surface area (Å²) in [4.78, 5) is 15.5. The molecule has 1 aliphatic rings. The number of hydrogen-bond acceptors (Lipinski definition) is 1. The number of nitrogens with one attached hydrogen (secondary N) is 2. The average molecular weight is 384 g/mol. The van der Waals surface area contributed by atoms with E-state index in [2.05, 4.69) is 12.4 Å². The van der Waals surface area contributed by atoms with E-state index >= 15 is 0 Å². The van der Waals surface area contributed by atoms with Crippen molar-refractivity contribution in [2.24, 2.45) is 0 Å². The number of likely N-dealkylation sites (N-methyl/N-ethyl adjacent to an activating group) is 1. The van der Waals surface area contributed by atoms with Gasteiger partial charge in [0, 0.05) is 0 Å².